The van der Waals surface area contributed by atoms with Crippen molar-refractivity contribution < 1.29 is 32.2 Å². The third kappa shape index (κ3) is 4.60. The van der Waals surface area contributed by atoms with Gasteiger partial charge in [0.1, 0.15) is 23.9 Å². The molecule has 4 nitrogen and oxygen atoms in total. The lowest BCUT2D eigenvalue weighted by Gasteiger charge is -2.30. The first-order valence-corrected chi connectivity index (χ1v) is 10.8. The van der Waals surface area contributed by atoms with Gasteiger partial charge in [-0.15, -0.1) is 13.2 Å². The lowest BCUT2D eigenvalue weighted by Crippen LogP contribution is -2.45. The number of hydrogen-bond acceptors (Lipinski definition) is 3. The van der Waals surface area contributed by atoms with Gasteiger partial charge in [0.2, 0.25) is 5.91 Å². The Balaban J connectivity index is 1.88. The van der Waals surface area contributed by atoms with E-state index in [0.717, 1.165) is 0 Å². The number of benzene rings is 3. The highest BCUT2D eigenvalue weighted by molar-refractivity contribution is 6.30. The van der Waals surface area contributed by atoms with Crippen LogP contribution < -0.4 is 9.64 Å². The highest BCUT2D eigenvalue weighted by Crippen LogP contribution is 2.48. The summed E-state index contributed by atoms with van der Waals surface area (Å²) in [4.78, 5) is 15.3. The molecular weight excluding hydrogens is 474 g/mol. The number of halogens is 5. The Hall–Kier alpha value is -3.10. The molecule has 3 aromatic rings. The van der Waals surface area contributed by atoms with Crippen LogP contribution in [0.5, 0.6) is 5.75 Å². The molecule has 0 radical (unpaired) electrons. The fourth-order valence-electron chi connectivity index (χ4n) is 4.43. The molecule has 34 heavy (non-hydrogen) atoms. The van der Waals surface area contributed by atoms with E-state index in [1.807, 2.05) is 0 Å². The molecule has 1 N–H and O–H groups in total. The summed E-state index contributed by atoms with van der Waals surface area (Å²) in [5, 5.41) is 10.3. The smallest absolute Gasteiger partial charge is 0.406 e. The Labute approximate surface area is 198 Å². The van der Waals surface area contributed by atoms with Gasteiger partial charge in [-0.1, -0.05) is 54.1 Å². The van der Waals surface area contributed by atoms with Crippen LogP contribution in [0.1, 0.15) is 16.7 Å². The maximum Gasteiger partial charge on any atom is 0.573 e. The minimum atomic E-state index is -4.86. The van der Waals surface area contributed by atoms with E-state index in [1.165, 1.54) is 23.1 Å². The molecule has 0 spiro atoms. The molecule has 1 amide bonds. The second kappa shape index (κ2) is 9.27. The monoisotopic (exact) mass is 493 g/mol. The Kier molecular flexibility index (Phi) is 6.55. The lowest BCUT2D eigenvalue weighted by atomic mass is 9.71. The number of nitrogens with zero attached hydrogens (tertiary/aromatic N) is 1. The number of aliphatic hydroxyl groups is 1. The summed E-state index contributed by atoms with van der Waals surface area (Å²) in [6.45, 7) is -1.31. The first kappa shape index (κ1) is 24.0. The molecule has 3 aromatic carbocycles. The van der Waals surface area contributed by atoms with Crippen LogP contribution in [0.3, 0.4) is 0 Å². The standard InChI is InChI=1S/C25H20ClF4NO3/c26-18-7-4-6-17(12-18)24(13-16-5-3-8-20(11-16)34-25(28,29)30)21-9-1-2-10-22(21)31(23(24)33)15-19(32)14-27/h1-12,19,32H,13-15H2/t19-,24?/m0/s1. The van der Waals surface area contributed by atoms with E-state index in [1.54, 1.807) is 54.6 Å². The van der Waals surface area contributed by atoms with Crippen molar-refractivity contribution in [2.24, 2.45) is 0 Å². The third-order valence-electron chi connectivity index (χ3n) is 5.76. The van der Waals surface area contributed by atoms with E-state index in [0.29, 0.717) is 27.4 Å². The zero-order valence-electron chi connectivity index (χ0n) is 17.7. The molecule has 1 aliphatic heterocycles. The van der Waals surface area contributed by atoms with Gasteiger partial charge in [0.15, 0.2) is 0 Å². The van der Waals surface area contributed by atoms with E-state index < -0.39 is 36.2 Å². The average molecular weight is 494 g/mol. The number of alkyl halides is 4. The van der Waals surface area contributed by atoms with Crippen molar-refractivity contribution in [3.8, 4) is 5.75 Å². The molecular formula is C25H20ClF4NO3. The molecule has 4 rings (SSSR count). The van der Waals surface area contributed by atoms with Crippen LogP contribution in [0.15, 0.2) is 72.8 Å². The summed E-state index contributed by atoms with van der Waals surface area (Å²) in [7, 11) is 0. The van der Waals surface area contributed by atoms with Crippen LogP contribution >= 0.6 is 11.6 Å². The molecule has 0 aromatic heterocycles. The summed E-state index contributed by atoms with van der Waals surface area (Å²) < 4.78 is 55.5. The Bertz CT molecular complexity index is 1200. The number of carbonyl (C=O) groups is 1. The number of amides is 1. The molecule has 0 aliphatic carbocycles. The maximum atomic E-state index is 14.0. The summed E-state index contributed by atoms with van der Waals surface area (Å²) in [6.07, 6.45) is -6.27. The van der Waals surface area contributed by atoms with Gasteiger partial charge in [-0.2, -0.15) is 0 Å². The van der Waals surface area contributed by atoms with E-state index >= 15 is 0 Å². The Morgan fingerprint density at radius 2 is 1.76 bits per heavy atom. The molecule has 0 fully saturated rings. The number of ether oxygens (including phenoxy) is 1. The number of fused-ring (bicyclic) bond motifs is 1. The second-order valence-electron chi connectivity index (χ2n) is 8.03. The van der Waals surface area contributed by atoms with E-state index in [9.17, 15) is 27.5 Å². The van der Waals surface area contributed by atoms with Crippen molar-refractivity contribution in [1.82, 2.24) is 0 Å². The third-order valence-corrected chi connectivity index (χ3v) is 5.99. The van der Waals surface area contributed by atoms with Gasteiger partial charge >= 0.3 is 6.36 Å². The van der Waals surface area contributed by atoms with Crippen molar-refractivity contribution in [3.63, 3.8) is 0 Å². The van der Waals surface area contributed by atoms with Gasteiger partial charge in [-0.05, 0) is 53.4 Å². The number of hydrogen-bond donors (Lipinski definition) is 1. The summed E-state index contributed by atoms with van der Waals surface area (Å²) in [5.74, 6) is -0.847. The number of aliphatic hydroxyl groups excluding tert-OH is 1. The topological polar surface area (TPSA) is 49.8 Å². The van der Waals surface area contributed by atoms with Crippen LogP contribution in [0.25, 0.3) is 0 Å². The van der Waals surface area contributed by atoms with Gasteiger partial charge in [0.05, 0.1) is 6.54 Å². The van der Waals surface area contributed by atoms with Gasteiger partial charge in [0, 0.05) is 10.7 Å². The molecule has 0 saturated heterocycles. The zero-order chi connectivity index (χ0) is 24.5. The van der Waals surface area contributed by atoms with Gasteiger partial charge in [-0.3, -0.25) is 4.79 Å². The van der Waals surface area contributed by atoms with E-state index in [2.05, 4.69) is 4.74 Å². The predicted molar refractivity (Wildman–Crippen MR) is 120 cm³/mol. The van der Waals surface area contributed by atoms with Crippen LogP contribution in [0, 0.1) is 0 Å². The number of β-amino-alcohol motifs (C(OH)–C–C–N with tert-alkyl or cyclic N) is 1. The Morgan fingerprint density at radius 1 is 1.03 bits per heavy atom. The first-order chi connectivity index (χ1) is 16.1. The number of para-hydroxylation sites is 1. The highest BCUT2D eigenvalue weighted by atomic mass is 35.5. The SMILES string of the molecule is O=C1N(C[C@@H](O)CF)c2ccccc2C1(Cc1cccc(OC(F)(F)F)c1)c1cccc(Cl)c1. The van der Waals surface area contributed by atoms with Crippen molar-refractivity contribution in [1.29, 1.82) is 0 Å². The van der Waals surface area contributed by atoms with E-state index in [4.69, 9.17) is 11.6 Å². The van der Waals surface area contributed by atoms with Crippen LogP contribution in [-0.2, 0) is 16.6 Å². The first-order valence-electron chi connectivity index (χ1n) is 10.4. The van der Waals surface area contributed by atoms with Crippen molar-refractivity contribution in [2.45, 2.75) is 24.3 Å². The van der Waals surface area contributed by atoms with Crippen LogP contribution in [-0.4, -0.2) is 36.7 Å². The zero-order valence-corrected chi connectivity index (χ0v) is 18.5. The average Bonchev–Trinajstić information content (AvgIpc) is 3.01. The van der Waals surface area contributed by atoms with Crippen molar-refractivity contribution in [3.05, 3.63) is 94.5 Å². The largest absolute Gasteiger partial charge is 0.573 e. The molecule has 9 heteroatoms. The summed E-state index contributed by atoms with van der Waals surface area (Å²) in [5.41, 5.74) is 0.640. The highest BCUT2D eigenvalue weighted by Gasteiger charge is 2.52. The normalized spacial score (nSPS) is 18.6. The van der Waals surface area contributed by atoms with Gasteiger partial charge in [-0.25, -0.2) is 4.39 Å². The second-order valence-corrected chi connectivity index (χ2v) is 8.47. The van der Waals surface area contributed by atoms with E-state index in [-0.39, 0.29) is 13.0 Å². The molecule has 0 saturated carbocycles. The van der Waals surface area contributed by atoms with Crippen LogP contribution in [0.2, 0.25) is 5.02 Å². The number of carbonyl (C=O) groups excluding carboxylic acids is 1. The van der Waals surface area contributed by atoms with Gasteiger partial charge < -0.3 is 14.7 Å². The number of anilines is 1. The fraction of sp³-hybridized carbons (Fsp3) is 0.240. The maximum absolute atomic E-state index is 14.0. The number of rotatable bonds is 7. The lowest BCUT2D eigenvalue weighted by molar-refractivity contribution is -0.274. The molecule has 1 aliphatic rings. The predicted octanol–water partition coefficient (Wildman–Crippen LogP) is 5.44. The Morgan fingerprint density at radius 3 is 2.47 bits per heavy atom. The molecule has 1 heterocycles. The van der Waals surface area contributed by atoms with Gasteiger partial charge in [0.25, 0.3) is 0 Å². The van der Waals surface area contributed by atoms with Crippen LogP contribution in [0.4, 0.5) is 23.2 Å². The minimum Gasteiger partial charge on any atom is -0.406 e. The molecule has 178 valence electrons. The minimum absolute atomic E-state index is 0.0134. The molecule has 2 atom stereocenters. The quantitative estimate of drug-likeness (QED) is 0.446. The fourth-order valence-corrected chi connectivity index (χ4v) is 4.62. The molecule has 0 bridgehead atoms. The van der Waals surface area contributed by atoms with Crippen molar-refractivity contribution in [2.75, 3.05) is 18.1 Å². The molecule has 1 unspecified atom stereocenters. The van der Waals surface area contributed by atoms with Crippen molar-refractivity contribution >= 4 is 23.2 Å². The summed E-state index contributed by atoms with van der Waals surface area (Å²) in [6, 6.07) is 19.0. The summed E-state index contributed by atoms with van der Waals surface area (Å²) >= 11 is 6.24.